The highest BCUT2D eigenvalue weighted by atomic mass is 19.1. The van der Waals surface area contributed by atoms with Gasteiger partial charge in [0.1, 0.15) is 5.82 Å². The van der Waals surface area contributed by atoms with Crippen molar-refractivity contribution in [3.8, 4) is 6.07 Å². The van der Waals surface area contributed by atoms with Gasteiger partial charge in [-0.2, -0.15) is 5.26 Å². The summed E-state index contributed by atoms with van der Waals surface area (Å²) >= 11 is 0. The van der Waals surface area contributed by atoms with E-state index >= 15 is 0 Å². The normalized spacial score (nSPS) is 17.0. The van der Waals surface area contributed by atoms with Gasteiger partial charge in [-0.3, -0.25) is 9.89 Å². The van der Waals surface area contributed by atoms with Crippen LogP contribution in [0.15, 0.2) is 23.2 Å². The number of hydrogen-bond donors (Lipinski definition) is 2. The molecule has 0 aromatic heterocycles. The predicted molar refractivity (Wildman–Crippen MR) is 100 cm³/mol. The Hall–Kier alpha value is -2.17. The molecule has 0 radical (unpaired) electrons. The first-order valence-corrected chi connectivity index (χ1v) is 9.00. The number of aliphatic imine (C=N–C) groups is 1. The van der Waals surface area contributed by atoms with Gasteiger partial charge in [-0.25, -0.2) is 4.39 Å². The zero-order chi connectivity index (χ0) is 18.9. The van der Waals surface area contributed by atoms with Crippen LogP contribution in [0.5, 0.6) is 0 Å². The minimum Gasteiger partial charge on any atom is -0.379 e. The monoisotopic (exact) mass is 361 g/mol. The molecule has 1 atom stereocenters. The van der Waals surface area contributed by atoms with E-state index in [2.05, 4.69) is 34.4 Å². The Morgan fingerprint density at radius 2 is 2.08 bits per heavy atom. The Bertz CT molecular complexity index is 650. The number of benzene rings is 1. The highest BCUT2D eigenvalue weighted by molar-refractivity contribution is 5.79. The third-order valence-corrected chi connectivity index (χ3v) is 4.61. The fourth-order valence-corrected chi connectivity index (χ4v) is 3.06. The molecule has 142 valence electrons. The summed E-state index contributed by atoms with van der Waals surface area (Å²) in [4.78, 5) is 6.66. The minimum absolute atomic E-state index is 0.307. The molecule has 1 aliphatic rings. The van der Waals surface area contributed by atoms with Gasteiger partial charge in [-0.05, 0) is 18.1 Å². The van der Waals surface area contributed by atoms with Gasteiger partial charge in [0, 0.05) is 44.8 Å². The van der Waals surface area contributed by atoms with Gasteiger partial charge < -0.3 is 15.4 Å². The lowest BCUT2D eigenvalue weighted by atomic mass is 10.0. The number of morpholine rings is 1. The van der Waals surface area contributed by atoms with E-state index in [-0.39, 0.29) is 5.82 Å². The quantitative estimate of drug-likeness (QED) is 0.596. The molecule has 1 heterocycles. The number of halogens is 1. The molecule has 1 aromatic carbocycles. The van der Waals surface area contributed by atoms with Gasteiger partial charge in [0.2, 0.25) is 0 Å². The van der Waals surface area contributed by atoms with E-state index in [4.69, 9.17) is 10.00 Å². The molecule has 1 unspecified atom stereocenters. The van der Waals surface area contributed by atoms with Crippen LogP contribution in [0.1, 0.15) is 25.0 Å². The lowest BCUT2D eigenvalue weighted by Crippen LogP contribution is -2.52. The van der Waals surface area contributed by atoms with Crippen LogP contribution in [0, 0.1) is 23.1 Å². The van der Waals surface area contributed by atoms with Crippen molar-refractivity contribution in [2.24, 2.45) is 10.9 Å². The molecular weight excluding hydrogens is 333 g/mol. The van der Waals surface area contributed by atoms with Crippen molar-refractivity contribution in [2.45, 2.75) is 26.4 Å². The second-order valence-corrected chi connectivity index (χ2v) is 6.68. The van der Waals surface area contributed by atoms with Crippen LogP contribution in [0.25, 0.3) is 0 Å². The zero-order valence-corrected chi connectivity index (χ0v) is 15.8. The van der Waals surface area contributed by atoms with Crippen LogP contribution in [0.3, 0.4) is 0 Å². The molecule has 0 bridgehead atoms. The van der Waals surface area contributed by atoms with Crippen molar-refractivity contribution in [3.05, 3.63) is 35.1 Å². The van der Waals surface area contributed by atoms with Gasteiger partial charge in [0.05, 0.1) is 24.8 Å². The summed E-state index contributed by atoms with van der Waals surface area (Å²) < 4.78 is 19.4. The summed E-state index contributed by atoms with van der Waals surface area (Å²) in [7, 11) is 1.70. The van der Waals surface area contributed by atoms with Crippen molar-refractivity contribution in [2.75, 3.05) is 39.9 Å². The zero-order valence-electron chi connectivity index (χ0n) is 15.8. The maximum atomic E-state index is 14.0. The molecule has 7 heteroatoms. The SMILES string of the molecule is CN=C(NCc1ccc(C#N)cc1F)NCC(C(C)C)N1CCOCC1. The van der Waals surface area contributed by atoms with E-state index in [1.807, 2.05) is 6.07 Å². The second-order valence-electron chi connectivity index (χ2n) is 6.68. The van der Waals surface area contributed by atoms with Crippen molar-refractivity contribution in [1.82, 2.24) is 15.5 Å². The van der Waals surface area contributed by atoms with Gasteiger partial charge in [-0.15, -0.1) is 0 Å². The molecule has 26 heavy (non-hydrogen) atoms. The van der Waals surface area contributed by atoms with E-state index < -0.39 is 0 Å². The minimum atomic E-state index is -0.389. The first-order chi connectivity index (χ1) is 12.5. The Balaban J connectivity index is 1.89. The molecule has 0 aliphatic carbocycles. The first kappa shape index (κ1) is 20.1. The highest BCUT2D eigenvalue weighted by Crippen LogP contribution is 2.12. The number of hydrogen-bond acceptors (Lipinski definition) is 4. The summed E-state index contributed by atoms with van der Waals surface area (Å²) in [6, 6.07) is 6.80. The Labute approximate surface area is 155 Å². The van der Waals surface area contributed by atoms with Crippen LogP contribution in [0.2, 0.25) is 0 Å². The third-order valence-electron chi connectivity index (χ3n) is 4.61. The van der Waals surface area contributed by atoms with Crippen molar-refractivity contribution in [3.63, 3.8) is 0 Å². The van der Waals surface area contributed by atoms with Gasteiger partial charge in [0.25, 0.3) is 0 Å². The summed E-state index contributed by atoms with van der Waals surface area (Å²) in [6.45, 7) is 8.91. The third kappa shape index (κ3) is 5.68. The van der Waals surface area contributed by atoms with Gasteiger partial charge in [0.15, 0.2) is 5.96 Å². The molecule has 0 saturated carbocycles. The van der Waals surface area contributed by atoms with Crippen LogP contribution >= 0.6 is 0 Å². The summed E-state index contributed by atoms with van der Waals surface area (Å²) in [6.07, 6.45) is 0. The van der Waals surface area contributed by atoms with Crippen LogP contribution in [-0.2, 0) is 11.3 Å². The highest BCUT2D eigenvalue weighted by Gasteiger charge is 2.23. The van der Waals surface area contributed by atoms with E-state index in [1.54, 1.807) is 19.2 Å². The Morgan fingerprint density at radius 3 is 2.65 bits per heavy atom. The average Bonchev–Trinajstić information content (AvgIpc) is 2.65. The van der Waals surface area contributed by atoms with Crippen molar-refractivity contribution in [1.29, 1.82) is 5.26 Å². The molecule has 2 rings (SSSR count). The molecule has 2 N–H and O–H groups in total. The standard InChI is InChI=1S/C19H28FN5O/c1-14(2)18(25-6-8-26-9-7-25)13-24-19(22-3)23-12-16-5-4-15(11-21)10-17(16)20/h4-5,10,14,18H,6-9,12-13H2,1-3H3,(H2,22,23,24). The Morgan fingerprint density at radius 1 is 1.35 bits per heavy atom. The number of nitrogens with zero attached hydrogens (tertiary/aromatic N) is 3. The largest absolute Gasteiger partial charge is 0.379 e. The van der Waals surface area contributed by atoms with E-state index in [0.717, 1.165) is 32.8 Å². The molecular formula is C19H28FN5O. The smallest absolute Gasteiger partial charge is 0.191 e. The number of ether oxygens (including phenoxy) is 1. The lowest BCUT2D eigenvalue weighted by molar-refractivity contribution is 0.00752. The number of nitrogens with one attached hydrogen (secondary N) is 2. The van der Waals surface area contributed by atoms with Crippen LogP contribution < -0.4 is 10.6 Å². The van der Waals surface area contributed by atoms with E-state index in [1.165, 1.54) is 6.07 Å². The predicted octanol–water partition coefficient (Wildman–Crippen LogP) is 1.72. The van der Waals surface area contributed by atoms with E-state index in [9.17, 15) is 4.39 Å². The van der Waals surface area contributed by atoms with Gasteiger partial charge >= 0.3 is 0 Å². The van der Waals surface area contributed by atoms with E-state index in [0.29, 0.717) is 35.6 Å². The summed E-state index contributed by atoms with van der Waals surface area (Å²) in [5, 5.41) is 15.3. The molecule has 1 aliphatic heterocycles. The van der Waals surface area contributed by atoms with Gasteiger partial charge in [-0.1, -0.05) is 19.9 Å². The number of guanidine groups is 1. The fourth-order valence-electron chi connectivity index (χ4n) is 3.06. The summed E-state index contributed by atoms with van der Waals surface area (Å²) in [5.41, 5.74) is 0.819. The van der Waals surface area contributed by atoms with Crippen molar-refractivity contribution >= 4 is 5.96 Å². The topological polar surface area (TPSA) is 72.7 Å². The van der Waals surface area contributed by atoms with Crippen LogP contribution in [-0.4, -0.2) is 56.8 Å². The molecule has 0 amide bonds. The molecule has 1 fully saturated rings. The number of rotatable bonds is 6. The maximum absolute atomic E-state index is 14.0. The van der Waals surface area contributed by atoms with Crippen molar-refractivity contribution < 1.29 is 9.13 Å². The first-order valence-electron chi connectivity index (χ1n) is 9.00. The lowest BCUT2D eigenvalue weighted by Gasteiger charge is -2.37. The average molecular weight is 361 g/mol. The molecule has 1 saturated heterocycles. The van der Waals surface area contributed by atoms with Crippen LogP contribution in [0.4, 0.5) is 4.39 Å². The molecule has 0 spiro atoms. The molecule has 1 aromatic rings. The Kier molecular flexibility index (Phi) is 7.82. The fraction of sp³-hybridized carbons (Fsp3) is 0.579. The number of nitriles is 1. The maximum Gasteiger partial charge on any atom is 0.191 e. The summed E-state index contributed by atoms with van der Waals surface area (Å²) in [5.74, 6) is 0.739. The molecule has 6 nitrogen and oxygen atoms in total. The second kappa shape index (κ2) is 10.1.